The van der Waals surface area contributed by atoms with Gasteiger partial charge in [-0.15, -0.1) is 0 Å². The van der Waals surface area contributed by atoms with Crippen LogP contribution >= 0.6 is 0 Å². The van der Waals surface area contributed by atoms with Crippen LogP contribution in [-0.2, 0) is 11.3 Å². The number of ether oxygens (including phenoxy) is 1. The molecule has 0 N–H and O–H groups in total. The zero-order valence-electron chi connectivity index (χ0n) is 14.7. The lowest BCUT2D eigenvalue weighted by Gasteiger charge is -2.37. The van der Waals surface area contributed by atoms with Gasteiger partial charge in [-0.3, -0.25) is 9.80 Å². The molecular formula is C18H31N3O2. The molecule has 2 fully saturated rings. The molecule has 3 heterocycles. The number of aromatic nitrogens is 1. The minimum atomic E-state index is 0.363. The van der Waals surface area contributed by atoms with Crippen molar-refractivity contribution in [3.8, 4) is 0 Å². The smallest absolute Gasteiger partial charge is 0.196 e. The van der Waals surface area contributed by atoms with E-state index in [4.69, 9.17) is 9.15 Å². The van der Waals surface area contributed by atoms with E-state index in [0.29, 0.717) is 12.0 Å². The summed E-state index contributed by atoms with van der Waals surface area (Å²) in [6, 6.07) is 0.686. The van der Waals surface area contributed by atoms with E-state index in [1.165, 1.54) is 38.8 Å². The Bertz CT molecular complexity index is 469. The van der Waals surface area contributed by atoms with E-state index >= 15 is 0 Å². The van der Waals surface area contributed by atoms with E-state index < -0.39 is 0 Å². The van der Waals surface area contributed by atoms with Crippen molar-refractivity contribution in [3.63, 3.8) is 0 Å². The van der Waals surface area contributed by atoms with Gasteiger partial charge < -0.3 is 9.15 Å². The van der Waals surface area contributed by atoms with Crippen LogP contribution in [0.15, 0.2) is 10.7 Å². The van der Waals surface area contributed by atoms with Gasteiger partial charge in [-0.25, -0.2) is 4.98 Å². The number of likely N-dealkylation sites (tertiary alicyclic amines) is 1. The maximum atomic E-state index is 5.60. The molecule has 0 aromatic carbocycles. The summed E-state index contributed by atoms with van der Waals surface area (Å²) in [4.78, 5) is 9.81. The fraction of sp³-hybridized carbons (Fsp3) is 0.833. The maximum Gasteiger partial charge on any atom is 0.196 e. The first-order valence-corrected chi connectivity index (χ1v) is 9.21. The number of nitrogens with zero attached hydrogens (tertiary/aromatic N) is 3. The second-order valence-electron chi connectivity index (χ2n) is 7.19. The van der Waals surface area contributed by atoms with Gasteiger partial charge in [-0.1, -0.05) is 20.3 Å². The Morgan fingerprint density at radius 2 is 2.04 bits per heavy atom. The molecule has 23 heavy (non-hydrogen) atoms. The summed E-state index contributed by atoms with van der Waals surface area (Å²) in [5, 5.41) is 0. The lowest BCUT2D eigenvalue weighted by atomic mass is 9.99. The largest absolute Gasteiger partial charge is 0.448 e. The highest BCUT2D eigenvalue weighted by atomic mass is 16.5. The third kappa shape index (κ3) is 4.78. The lowest BCUT2D eigenvalue weighted by Crippen LogP contribution is -2.43. The molecule has 1 unspecified atom stereocenters. The standard InChI is InChI=1S/C18H31N3O2/c1-15(2)18-19-16(14-23-18)13-21-7-4-3-5-17(21)6-8-20-9-11-22-12-10-20/h14-15,17H,3-13H2,1-2H3. The van der Waals surface area contributed by atoms with Crippen molar-refractivity contribution < 1.29 is 9.15 Å². The second-order valence-corrected chi connectivity index (χ2v) is 7.19. The SMILES string of the molecule is CC(C)c1nc(CN2CCCCC2CCN2CCOCC2)co1. The van der Waals surface area contributed by atoms with Gasteiger partial charge in [0.1, 0.15) is 6.26 Å². The molecule has 1 aromatic rings. The Labute approximate surface area is 140 Å². The van der Waals surface area contributed by atoms with Crippen LogP contribution < -0.4 is 0 Å². The Morgan fingerprint density at radius 3 is 2.78 bits per heavy atom. The second kappa shape index (κ2) is 8.27. The van der Waals surface area contributed by atoms with Gasteiger partial charge in [-0.05, 0) is 32.4 Å². The van der Waals surface area contributed by atoms with Crippen LogP contribution in [0.3, 0.4) is 0 Å². The summed E-state index contributed by atoms with van der Waals surface area (Å²) in [5.41, 5.74) is 1.09. The van der Waals surface area contributed by atoms with Crippen LogP contribution in [0.5, 0.6) is 0 Å². The first-order valence-electron chi connectivity index (χ1n) is 9.21. The highest BCUT2D eigenvalue weighted by Gasteiger charge is 2.24. The number of rotatable bonds is 6. The zero-order valence-corrected chi connectivity index (χ0v) is 14.7. The van der Waals surface area contributed by atoms with Crippen LogP contribution in [0, 0.1) is 0 Å². The van der Waals surface area contributed by atoms with Gasteiger partial charge >= 0.3 is 0 Å². The molecule has 0 aliphatic carbocycles. The van der Waals surface area contributed by atoms with Gasteiger partial charge in [0.15, 0.2) is 5.89 Å². The summed E-state index contributed by atoms with van der Waals surface area (Å²) < 4.78 is 11.0. The van der Waals surface area contributed by atoms with E-state index in [-0.39, 0.29) is 0 Å². The van der Waals surface area contributed by atoms with E-state index in [9.17, 15) is 0 Å². The third-order valence-electron chi connectivity index (χ3n) is 5.06. The molecule has 0 amide bonds. The predicted octanol–water partition coefficient (Wildman–Crippen LogP) is 2.87. The van der Waals surface area contributed by atoms with Crippen molar-refractivity contribution in [2.45, 2.75) is 58.0 Å². The van der Waals surface area contributed by atoms with E-state index in [0.717, 1.165) is 44.4 Å². The molecule has 0 bridgehead atoms. The van der Waals surface area contributed by atoms with Gasteiger partial charge in [0.05, 0.1) is 18.9 Å². The van der Waals surface area contributed by atoms with Crippen molar-refractivity contribution >= 4 is 0 Å². The molecule has 0 spiro atoms. The molecule has 2 aliphatic rings. The Balaban J connectivity index is 1.52. The van der Waals surface area contributed by atoms with Crippen LogP contribution in [0.1, 0.15) is 57.0 Å². The van der Waals surface area contributed by atoms with Crippen molar-refractivity contribution in [1.29, 1.82) is 0 Å². The van der Waals surface area contributed by atoms with Crippen molar-refractivity contribution in [1.82, 2.24) is 14.8 Å². The Kier molecular flexibility index (Phi) is 6.08. The maximum absolute atomic E-state index is 5.60. The molecule has 130 valence electrons. The van der Waals surface area contributed by atoms with Gasteiger partial charge in [0.2, 0.25) is 0 Å². The fourth-order valence-electron chi connectivity index (χ4n) is 3.62. The minimum Gasteiger partial charge on any atom is -0.448 e. The fourth-order valence-corrected chi connectivity index (χ4v) is 3.62. The number of piperidine rings is 1. The van der Waals surface area contributed by atoms with Crippen LogP contribution in [-0.4, -0.2) is 60.2 Å². The number of morpholine rings is 1. The molecular weight excluding hydrogens is 290 g/mol. The molecule has 3 rings (SSSR count). The van der Waals surface area contributed by atoms with Crippen molar-refractivity contribution in [3.05, 3.63) is 17.8 Å². The van der Waals surface area contributed by atoms with E-state index in [1.807, 2.05) is 6.26 Å². The number of oxazole rings is 1. The molecule has 1 aromatic heterocycles. The molecule has 2 saturated heterocycles. The normalized spacial score (nSPS) is 24.4. The van der Waals surface area contributed by atoms with E-state index in [2.05, 4.69) is 28.6 Å². The zero-order chi connectivity index (χ0) is 16.1. The summed E-state index contributed by atoms with van der Waals surface area (Å²) in [6.07, 6.45) is 7.10. The number of hydrogen-bond acceptors (Lipinski definition) is 5. The molecule has 1 atom stereocenters. The predicted molar refractivity (Wildman–Crippen MR) is 90.5 cm³/mol. The summed E-state index contributed by atoms with van der Waals surface area (Å²) in [5.74, 6) is 1.23. The highest BCUT2D eigenvalue weighted by molar-refractivity contribution is 5.00. The Hall–Kier alpha value is -0.910. The summed E-state index contributed by atoms with van der Waals surface area (Å²) in [7, 11) is 0. The minimum absolute atomic E-state index is 0.363. The molecule has 2 aliphatic heterocycles. The molecule has 5 nitrogen and oxygen atoms in total. The van der Waals surface area contributed by atoms with Crippen LogP contribution in [0.2, 0.25) is 0 Å². The molecule has 0 saturated carbocycles. The quantitative estimate of drug-likeness (QED) is 0.806. The van der Waals surface area contributed by atoms with Gasteiger partial charge in [0, 0.05) is 31.6 Å². The highest BCUT2D eigenvalue weighted by Crippen LogP contribution is 2.23. The van der Waals surface area contributed by atoms with Crippen molar-refractivity contribution in [2.75, 3.05) is 39.4 Å². The van der Waals surface area contributed by atoms with Gasteiger partial charge in [-0.2, -0.15) is 0 Å². The molecule has 0 radical (unpaired) electrons. The lowest BCUT2D eigenvalue weighted by molar-refractivity contribution is 0.0301. The monoisotopic (exact) mass is 321 g/mol. The first kappa shape index (κ1) is 16.9. The first-order chi connectivity index (χ1) is 11.2. The summed E-state index contributed by atoms with van der Waals surface area (Å²) in [6.45, 7) is 11.5. The third-order valence-corrected chi connectivity index (χ3v) is 5.06. The Morgan fingerprint density at radius 1 is 1.22 bits per heavy atom. The summed E-state index contributed by atoms with van der Waals surface area (Å²) >= 11 is 0. The number of hydrogen-bond donors (Lipinski definition) is 0. The topological polar surface area (TPSA) is 41.7 Å². The van der Waals surface area contributed by atoms with E-state index in [1.54, 1.807) is 0 Å². The average molecular weight is 321 g/mol. The van der Waals surface area contributed by atoms with Crippen LogP contribution in [0.4, 0.5) is 0 Å². The van der Waals surface area contributed by atoms with Crippen molar-refractivity contribution in [2.24, 2.45) is 0 Å². The van der Waals surface area contributed by atoms with Gasteiger partial charge in [0.25, 0.3) is 0 Å². The van der Waals surface area contributed by atoms with Crippen LogP contribution in [0.25, 0.3) is 0 Å². The average Bonchev–Trinajstić information content (AvgIpc) is 3.04. The molecule has 5 heteroatoms.